The normalized spacial score (nSPS) is 22.6. The molecule has 0 aromatic heterocycles. The lowest BCUT2D eigenvalue weighted by molar-refractivity contribution is -0.136. The number of aliphatic carboxylic acids is 1. The predicted octanol–water partition coefficient (Wildman–Crippen LogP) is 5.17. The zero-order valence-corrected chi connectivity index (χ0v) is 12.7. The Kier molecular flexibility index (Phi) is 5.80. The molecule has 0 heterocycles. The predicted molar refractivity (Wildman–Crippen MR) is 82.1 cm³/mol. The number of benzene rings is 1. The molecule has 0 radical (unpaired) electrons. The molecule has 0 amide bonds. The fourth-order valence-electron chi connectivity index (χ4n) is 2.91. The van der Waals surface area contributed by atoms with Gasteiger partial charge in [-0.15, -0.1) is 0 Å². The van der Waals surface area contributed by atoms with Crippen molar-refractivity contribution in [2.24, 2.45) is 5.92 Å². The average molecular weight is 311 g/mol. The molecule has 1 aliphatic carbocycles. The number of carbonyl (C=O) groups is 1. The van der Waals surface area contributed by atoms with Crippen molar-refractivity contribution >= 4 is 17.6 Å². The molecule has 4 heteroatoms. The van der Waals surface area contributed by atoms with E-state index in [1.807, 2.05) is 12.1 Å². The van der Waals surface area contributed by atoms with Gasteiger partial charge < -0.3 is 5.11 Å². The quantitative estimate of drug-likeness (QED) is 0.761. The first-order valence-corrected chi connectivity index (χ1v) is 7.77. The lowest BCUT2D eigenvalue weighted by Gasteiger charge is -2.27. The van der Waals surface area contributed by atoms with Gasteiger partial charge in [0.05, 0.1) is 5.02 Å². The summed E-state index contributed by atoms with van der Waals surface area (Å²) < 4.78 is 13.5. The number of carboxylic acids is 1. The van der Waals surface area contributed by atoms with Crippen LogP contribution in [0, 0.1) is 11.7 Å². The Morgan fingerprint density at radius 1 is 1.33 bits per heavy atom. The lowest BCUT2D eigenvalue weighted by atomic mass is 9.78. The van der Waals surface area contributed by atoms with Crippen LogP contribution in [0.25, 0.3) is 0 Å². The molecule has 0 atom stereocenters. The van der Waals surface area contributed by atoms with Crippen LogP contribution in [0.1, 0.15) is 50.0 Å². The van der Waals surface area contributed by atoms with E-state index in [9.17, 15) is 9.18 Å². The number of rotatable bonds is 5. The second-order valence-electron chi connectivity index (χ2n) is 5.65. The molecule has 0 unspecified atom stereocenters. The minimum Gasteiger partial charge on any atom is -0.481 e. The van der Waals surface area contributed by atoms with E-state index in [-0.39, 0.29) is 17.3 Å². The summed E-state index contributed by atoms with van der Waals surface area (Å²) in [5.74, 6) is -0.175. The molecular formula is C17H20ClFO2. The number of carboxylic acid groups (broad SMARTS) is 1. The summed E-state index contributed by atoms with van der Waals surface area (Å²) >= 11 is 5.71. The van der Waals surface area contributed by atoms with E-state index in [1.165, 1.54) is 0 Å². The second kappa shape index (κ2) is 7.60. The van der Waals surface area contributed by atoms with Crippen molar-refractivity contribution in [2.75, 3.05) is 0 Å². The van der Waals surface area contributed by atoms with Crippen LogP contribution in [0.3, 0.4) is 0 Å². The van der Waals surface area contributed by atoms with Crippen molar-refractivity contribution in [3.8, 4) is 0 Å². The SMILES string of the molecule is O=C(O)CCC=CC1CCC(c2ccc(Cl)c(F)c2)CC1. The van der Waals surface area contributed by atoms with Gasteiger partial charge in [-0.25, -0.2) is 4.39 Å². The van der Waals surface area contributed by atoms with Gasteiger partial charge in [-0.2, -0.15) is 0 Å². The maximum Gasteiger partial charge on any atom is 0.303 e. The molecule has 1 aromatic carbocycles. The van der Waals surface area contributed by atoms with Crippen LogP contribution < -0.4 is 0 Å². The monoisotopic (exact) mass is 310 g/mol. The highest BCUT2D eigenvalue weighted by atomic mass is 35.5. The molecule has 1 saturated carbocycles. The third-order valence-corrected chi connectivity index (χ3v) is 4.43. The molecule has 21 heavy (non-hydrogen) atoms. The van der Waals surface area contributed by atoms with Crippen molar-refractivity contribution in [3.05, 3.63) is 46.8 Å². The Morgan fingerprint density at radius 2 is 2.05 bits per heavy atom. The number of halogens is 2. The highest BCUT2D eigenvalue weighted by Gasteiger charge is 2.21. The summed E-state index contributed by atoms with van der Waals surface area (Å²) in [5, 5.41) is 8.75. The summed E-state index contributed by atoms with van der Waals surface area (Å²) in [4.78, 5) is 10.4. The van der Waals surface area contributed by atoms with Crippen molar-refractivity contribution in [2.45, 2.75) is 44.4 Å². The zero-order chi connectivity index (χ0) is 15.2. The molecule has 2 nitrogen and oxygen atoms in total. The first kappa shape index (κ1) is 16.0. The number of hydrogen-bond acceptors (Lipinski definition) is 1. The van der Waals surface area contributed by atoms with Crippen LogP contribution in [0.5, 0.6) is 0 Å². The molecule has 1 aliphatic rings. The maximum atomic E-state index is 13.5. The third-order valence-electron chi connectivity index (χ3n) is 4.12. The van der Waals surface area contributed by atoms with Gasteiger partial charge in [-0.05, 0) is 61.6 Å². The van der Waals surface area contributed by atoms with Crippen LogP contribution in [0.2, 0.25) is 5.02 Å². The lowest BCUT2D eigenvalue weighted by Crippen LogP contribution is -2.12. The van der Waals surface area contributed by atoms with Gasteiger partial charge in [0.15, 0.2) is 0 Å². The Balaban J connectivity index is 1.82. The molecule has 2 rings (SSSR count). The second-order valence-corrected chi connectivity index (χ2v) is 6.05. The number of hydrogen-bond donors (Lipinski definition) is 1. The van der Waals surface area contributed by atoms with E-state index in [0.29, 0.717) is 18.3 Å². The van der Waals surface area contributed by atoms with E-state index < -0.39 is 5.97 Å². The van der Waals surface area contributed by atoms with Gasteiger partial charge in [0, 0.05) is 6.42 Å². The molecular weight excluding hydrogens is 291 g/mol. The van der Waals surface area contributed by atoms with Crippen LogP contribution in [-0.2, 0) is 4.79 Å². The summed E-state index contributed by atoms with van der Waals surface area (Å²) in [5.41, 5.74) is 1.03. The topological polar surface area (TPSA) is 37.3 Å². The fraction of sp³-hybridized carbons (Fsp3) is 0.471. The molecule has 114 valence electrons. The van der Waals surface area contributed by atoms with Gasteiger partial charge in [0.1, 0.15) is 5.82 Å². The first-order chi connectivity index (χ1) is 10.1. The molecule has 0 spiro atoms. The van der Waals surface area contributed by atoms with E-state index in [2.05, 4.69) is 6.08 Å². The van der Waals surface area contributed by atoms with Crippen LogP contribution in [0.15, 0.2) is 30.4 Å². The van der Waals surface area contributed by atoms with E-state index in [0.717, 1.165) is 31.2 Å². The molecule has 0 saturated heterocycles. The van der Waals surface area contributed by atoms with Gasteiger partial charge in [-0.3, -0.25) is 4.79 Å². The zero-order valence-electron chi connectivity index (χ0n) is 11.9. The Morgan fingerprint density at radius 3 is 2.67 bits per heavy atom. The largest absolute Gasteiger partial charge is 0.481 e. The standard InChI is InChI=1S/C17H20ClFO2/c18-15-10-9-14(11-16(15)19)13-7-5-12(6-8-13)3-1-2-4-17(20)21/h1,3,9-13H,2,4-8H2,(H,20,21). The summed E-state index contributed by atoms with van der Waals surface area (Å²) in [7, 11) is 0. The van der Waals surface area contributed by atoms with Gasteiger partial charge in [-0.1, -0.05) is 29.8 Å². The smallest absolute Gasteiger partial charge is 0.303 e. The molecule has 0 bridgehead atoms. The Labute approximate surface area is 129 Å². The summed E-state index contributed by atoms with van der Waals surface area (Å²) in [6, 6.07) is 5.10. The van der Waals surface area contributed by atoms with Crippen molar-refractivity contribution in [1.82, 2.24) is 0 Å². The highest BCUT2D eigenvalue weighted by molar-refractivity contribution is 6.30. The van der Waals surface area contributed by atoms with Gasteiger partial charge in [0.25, 0.3) is 0 Å². The first-order valence-electron chi connectivity index (χ1n) is 7.39. The van der Waals surface area contributed by atoms with Gasteiger partial charge in [0.2, 0.25) is 0 Å². The maximum absolute atomic E-state index is 13.5. The minimum absolute atomic E-state index is 0.175. The Bertz CT molecular complexity index is 520. The van der Waals surface area contributed by atoms with E-state index in [1.54, 1.807) is 12.1 Å². The van der Waals surface area contributed by atoms with E-state index in [4.69, 9.17) is 16.7 Å². The summed E-state index contributed by atoms with van der Waals surface area (Å²) in [6.45, 7) is 0. The van der Waals surface area contributed by atoms with E-state index >= 15 is 0 Å². The number of allylic oxidation sites excluding steroid dienone is 2. The van der Waals surface area contributed by atoms with Crippen molar-refractivity contribution < 1.29 is 14.3 Å². The Hall–Kier alpha value is -1.35. The molecule has 0 aliphatic heterocycles. The molecule has 1 N–H and O–H groups in total. The van der Waals surface area contributed by atoms with Crippen molar-refractivity contribution in [3.63, 3.8) is 0 Å². The highest BCUT2D eigenvalue weighted by Crippen LogP contribution is 2.37. The molecule has 1 fully saturated rings. The average Bonchev–Trinajstić information content (AvgIpc) is 2.47. The van der Waals surface area contributed by atoms with Gasteiger partial charge >= 0.3 is 5.97 Å². The summed E-state index contributed by atoms with van der Waals surface area (Å²) in [6.07, 6.45) is 9.11. The molecule has 1 aromatic rings. The van der Waals surface area contributed by atoms with Crippen molar-refractivity contribution in [1.29, 1.82) is 0 Å². The fourth-order valence-corrected chi connectivity index (χ4v) is 3.02. The third kappa shape index (κ3) is 4.85. The van der Waals surface area contributed by atoms with Crippen LogP contribution in [-0.4, -0.2) is 11.1 Å². The minimum atomic E-state index is -0.756. The van der Waals surface area contributed by atoms with Crippen LogP contribution in [0.4, 0.5) is 4.39 Å². The van der Waals surface area contributed by atoms with Crippen LogP contribution >= 0.6 is 11.6 Å².